The highest BCUT2D eigenvalue weighted by Gasteiger charge is 2.01. The molecule has 3 heteroatoms. The normalized spacial score (nSPS) is 10.2. The van der Waals surface area contributed by atoms with Gasteiger partial charge in [0.2, 0.25) is 0 Å². The Kier molecular flexibility index (Phi) is 1.70. The van der Waals surface area contributed by atoms with Crippen LogP contribution in [-0.2, 0) is 0 Å². The first-order valence-corrected chi connectivity index (χ1v) is 3.92. The predicted octanol–water partition coefficient (Wildman–Crippen LogP) is 2.09. The van der Waals surface area contributed by atoms with Crippen molar-refractivity contribution in [2.24, 2.45) is 0 Å². The van der Waals surface area contributed by atoms with Crippen LogP contribution in [0.5, 0.6) is 11.5 Å². The molecular weight excluding hydrogens is 166 g/mol. The smallest absolute Gasteiger partial charge is 0.119 e. The summed E-state index contributed by atoms with van der Waals surface area (Å²) < 4.78 is 0. The van der Waals surface area contributed by atoms with E-state index in [1.807, 2.05) is 12.1 Å². The van der Waals surface area contributed by atoms with Gasteiger partial charge in [0.05, 0.1) is 0 Å². The Hall–Kier alpha value is -1.90. The fraction of sp³-hybridized carbons (Fsp3) is 0. The molecule has 0 saturated heterocycles. The maximum absolute atomic E-state index is 9.22. The van der Waals surface area contributed by atoms with E-state index in [1.165, 1.54) is 6.07 Å². The van der Waals surface area contributed by atoms with Crippen LogP contribution in [0, 0.1) is 0 Å². The molecule has 0 atom stereocenters. The van der Waals surface area contributed by atoms with Gasteiger partial charge in [0.15, 0.2) is 0 Å². The number of phenolic OH excluding ortho intramolecular Hbond substituents is 2. The largest absolute Gasteiger partial charge is 0.508 e. The second-order valence-corrected chi connectivity index (χ2v) is 2.82. The molecule has 1 heterocycles. The van der Waals surface area contributed by atoms with Crippen LogP contribution in [0.4, 0.5) is 0 Å². The van der Waals surface area contributed by atoms with Gasteiger partial charge in [-0.25, -0.2) is 0 Å². The average Bonchev–Trinajstić information content (AvgIpc) is 2.53. The first-order valence-electron chi connectivity index (χ1n) is 3.92. The van der Waals surface area contributed by atoms with E-state index in [-0.39, 0.29) is 11.5 Å². The molecule has 0 fully saturated rings. The van der Waals surface area contributed by atoms with E-state index in [0.717, 1.165) is 11.3 Å². The Morgan fingerprint density at radius 3 is 2.23 bits per heavy atom. The van der Waals surface area contributed by atoms with Gasteiger partial charge in [-0.3, -0.25) is 0 Å². The van der Waals surface area contributed by atoms with E-state index in [1.54, 1.807) is 18.3 Å². The average molecular weight is 175 g/mol. The summed E-state index contributed by atoms with van der Waals surface area (Å²) in [5, 5.41) is 18.4. The van der Waals surface area contributed by atoms with E-state index < -0.39 is 0 Å². The number of H-pyrrole nitrogens is 1. The third kappa shape index (κ3) is 1.49. The highest BCUT2D eigenvalue weighted by atomic mass is 16.3. The van der Waals surface area contributed by atoms with Crippen molar-refractivity contribution >= 4 is 0 Å². The van der Waals surface area contributed by atoms with E-state index in [0.29, 0.717) is 0 Å². The monoisotopic (exact) mass is 175 g/mol. The first kappa shape index (κ1) is 7.73. The zero-order valence-corrected chi connectivity index (χ0v) is 6.86. The van der Waals surface area contributed by atoms with Gasteiger partial charge in [-0.05, 0) is 24.3 Å². The van der Waals surface area contributed by atoms with Crippen molar-refractivity contribution in [1.29, 1.82) is 0 Å². The predicted molar refractivity (Wildman–Crippen MR) is 49.6 cm³/mol. The first-order chi connectivity index (χ1) is 6.25. The van der Waals surface area contributed by atoms with Gasteiger partial charge < -0.3 is 15.2 Å². The van der Waals surface area contributed by atoms with Crippen molar-refractivity contribution in [3.8, 4) is 22.8 Å². The van der Waals surface area contributed by atoms with Crippen LogP contribution in [-0.4, -0.2) is 15.2 Å². The van der Waals surface area contributed by atoms with E-state index in [4.69, 9.17) is 0 Å². The summed E-state index contributed by atoms with van der Waals surface area (Å²) in [7, 11) is 0. The Morgan fingerprint density at radius 1 is 1.00 bits per heavy atom. The van der Waals surface area contributed by atoms with Gasteiger partial charge in [0, 0.05) is 23.5 Å². The van der Waals surface area contributed by atoms with Crippen LogP contribution in [0.1, 0.15) is 0 Å². The molecule has 0 bridgehead atoms. The molecule has 13 heavy (non-hydrogen) atoms. The van der Waals surface area contributed by atoms with E-state index >= 15 is 0 Å². The minimum absolute atomic E-state index is 0.0598. The van der Waals surface area contributed by atoms with Crippen molar-refractivity contribution < 1.29 is 10.2 Å². The fourth-order valence-corrected chi connectivity index (χ4v) is 1.26. The standard InChI is InChI=1S/C10H9NO2/c12-8-4-7(5-9(13)6-8)10-2-1-3-11-10/h1-6,11-13H. The van der Waals surface area contributed by atoms with Crippen molar-refractivity contribution in [3.05, 3.63) is 36.5 Å². The molecule has 1 aromatic carbocycles. The van der Waals surface area contributed by atoms with Crippen molar-refractivity contribution in [2.45, 2.75) is 0 Å². The van der Waals surface area contributed by atoms with Crippen LogP contribution in [0.25, 0.3) is 11.3 Å². The summed E-state index contributed by atoms with van der Waals surface area (Å²) in [5.41, 5.74) is 1.63. The SMILES string of the molecule is Oc1cc(O)cc(-c2ccc[nH]2)c1. The molecule has 0 amide bonds. The summed E-state index contributed by atoms with van der Waals surface area (Å²) in [6.45, 7) is 0. The number of benzene rings is 1. The second kappa shape index (κ2) is 2.86. The van der Waals surface area contributed by atoms with Gasteiger partial charge in [-0.2, -0.15) is 0 Å². The summed E-state index contributed by atoms with van der Waals surface area (Å²) in [6.07, 6.45) is 1.79. The minimum Gasteiger partial charge on any atom is -0.508 e. The lowest BCUT2D eigenvalue weighted by atomic mass is 10.1. The highest BCUT2D eigenvalue weighted by molar-refractivity contribution is 5.63. The second-order valence-electron chi connectivity index (χ2n) is 2.82. The minimum atomic E-state index is 0.0598. The number of hydrogen-bond donors (Lipinski definition) is 3. The lowest BCUT2D eigenvalue weighted by Crippen LogP contribution is -1.76. The van der Waals surface area contributed by atoms with Crippen molar-refractivity contribution in [1.82, 2.24) is 4.98 Å². The number of aromatic nitrogens is 1. The van der Waals surface area contributed by atoms with Crippen LogP contribution in [0.3, 0.4) is 0 Å². The molecule has 0 aliphatic heterocycles. The third-order valence-electron chi connectivity index (χ3n) is 1.81. The Morgan fingerprint density at radius 2 is 1.69 bits per heavy atom. The molecule has 3 nitrogen and oxygen atoms in total. The van der Waals surface area contributed by atoms with Crippen LogP contribution < -0.4 is 0 Å². The lowest BCUT2D eigenvalue weighted by molar-refractivity contribution is 0.451. The number of phenols is 2. The zero-order valence-electron chi connectivity index (χ0n) is 6.86. The number of hydrogen-bond acceptors (Lipinski definition) is 2. The third-order valence-corrected chi connectivity index (χ3v) is 1.81. The van der Waals surface area contributed by atoms with Gasteiger partial charge in [0.25, 0.3) is 0 Å². The number of nitrogens with one attached hydrogen (secondary N) is 1. The molecule has 1 aromatic heterocycles. The molecule has 0 saturated carbocycles. The van der Waals surface area contributed by atoms with Crippen LogP contribution in [0.2, 0.25) is 0 Å². The van der Waals surface area contributed by atoms with E-state index in [9.17, 15) is 10.2 Å². The summed E-state index contributed by atoms with van der Waals surface area (Å²) in [4.78, 5) is 2.99. The molecule has 2 rings (SSSR count). The fourth-order valence-electron chi connectivity index (χ4n) is 1.26. The molecule has 3 N–H and O–H groups in total. The molecule has 0 unspecified atom stereocenters. The van der Waals surface area contributed by atoms with E-state index in [2.05, 4.69) is 4.98 Å². The number of aromatic amines is 1. The topological polar surface area (TPSA) is 56.2 Å². The molecule has 0 aliphatic rings. The Bertz CT molecular complexity index is 387. The molecule has 0 radical (unpaired) electrons. The maximum Gasteiger partial charge on any atom is 0.119 e. The highest BCUT2D eigenvalue weighted by Crippen LogP contribution is 2.27. The molecular formula is C10H9NO2. The quantitative estimate of drug-likeness (QED) is 0.621. The number of rotatable bonds is 1. The molecule has 2 aromatic rings. The Labute approximate surface area is 75.3 Å². The van der Waals surface area contributed by atoms with Gasteiger partial charge in [-0.15, -0.1) is 0 Å². The summed E-state index contributed by atoms with van der Waals surface area (Å²) in [5.74, 6) is 0.120. The summed E-state index contributed by atoms with van der Waals surface area (Å²) in [6, 6.07) is 8.20. The molecule has 66 valence electrons. The number of aromatic hydroxyl groups is 2. The maximum atomic E-state index is 9.22. The van der Waals surface area contributed by atoms with Gasteiger partial charge in [-0.1, -0.05) is 0 Å². The summed E-state index contributed by atoms with van der Waals surface area (Å²) >= 11 is 0. The molecule has 0 spiro atoms. The Balaban J connectivity index is 2.53. The van der Waals surface area contributed by atoms with Gasteiger partial charge >= 0.3 is 0 Å². The lowest BCUT2D eigenvalue weighted by Gasteiger charge is -2.00. The van der Waals surface area contributed by atoms with Crippen molar-refractivity contribution in [2.75, 3.05) is 0 Å². The van der Waals surface area contributed by atoms with Crippen LogP contribution >= 0.6 is 0 Å². The van der Waals surface area contributed by atoms with Gasteiger partial charge in [0.1, 0.15) is 11.5 Å². The molecule has 0 aliphatic carbocycles. The van der Waals surface area contributed by atoms with Crippen LogP contribution in [0.15, 0.2) is 36.5 Å². The zero-order chi connectivity index (χ0) is 9.26. The van der Waals surface area contributed by atoms with Crippen molar-refractivity contribution in [3.63, 3.8) is 0 Å².